The fraction of sp³-hybridized carbons (Fsp3) is 0.350. The highest BCUT2D eigenvalue weighted by Crippen LogP contribution is 2.56. The van der Waals surface area contributed by atoms with E-state index in [4.69, 9.17) is 5.73 Å². The lowest BCUT2D eigenvalue weighted by atomic mass is 9.88. The van der Waals surface area contributed by atoms with Gasteiger partial charge in [0.05, 0.1) is 12.0 Å². The summed E-state index contributed by atoms with van der Waals surface area (Å²) < 4.78 is 0. The zero-order valence-electron chi connectivity index (χ0n) is 14.5. The second-order valence-corrected chi connectivity index (χ2v) is 7.27. The van der Waals surface area contributed by atoms with E-state index in [1.807, 2.05) is 12.3 Å². The van der Waals surface area contributed by atoms with Gasteiger partial charge in [0.15, 0.2) is 5.96 Å². The van der Waals surface area contributed by atoms with Crippen LogP contribution in [0.4, 0.5) is 0 Å². The van der Waals surface area contributed by atoms with Crippen LogP contribution >= 0.6 is 0 Å². The molecule has 2 aliphatic rings. The van der Waals surface area contributed by atoms with Gasteiger partial charge in [-0.15, -0.1) is 0 Å². The zero-order valence-corrected chi connectivity index (χ0v) is 14.5. The number of rotatable bonds is 3. The van der Waals surface area contributed by atoms with Crippen LogP contribution < -0.4 is 5.73 Å². The third-order valence-electron chi connectivity index (χ3n) is 5.50. The van der Waals surface area contributed by atoms with Gasteiger partial charge in [0.1, 0.15) is 0 Å². The van der Waals surface area contributed by atoms with E-state index < -0.39 is 5.54 Å². The molecular weight excluding hydrogens is 312 g/mol. The lowest BCUT2D eigenvalue weighted by Crippen LogP contribution is -2.49. The van der Waals surface area contributed by atoms with Crippen molar-refractivity contribution in [3.63, 3.8) is 0 Å². The maximum atomic E-state index is 12.2. The van der Waals surface area contributed by atoms with Crippen molar-refractivity contribution in [1.29, 1.82) is 0 Å². The van der Waals surface area contributed by atoms with Crippen LogP contribution in [0.2, 0.25) is 0 Å². The molecule has 4 rings (SSSR count). The first-order chi connectivity index (χ1) is 12.0. The number of aromatic nitrogens is 1. The number of hydrogen-bond donors (Lipinski definition) is 1. The maximum absolute atomic E-state index is 12.2. The number of carbonyl (C=O) groups is 1. The molecule has 2 heterocycles. The number of carbonyl (C=O) groups excluding carboxylic acids is 1. The molecule has 5 heteroatoms. The second-order valence-electron chi connectivity index (χ2n) is 7.27. The first-order valence-corrected chi connectivity index (χ1v) is 8.60. The van der Waals surface area contributed by atoms with Gasteiger partial charge in [0.2, 0.25) is 5.91 Å². The molecule has 25 heavy (non-hydrogen) atoms. The molecular formula is C20H22N4O. The van der Waals surface area contributed by atoms with E-state index in [-0.39, 0.29) is 5.91 Å². The second kappa shape index (κ2) is 5.69. The highest BCUT2D eigenvalue weighted by atomic mass is 16.2. The van der Waals surface area contributed by atoms with Crippen molar-refractivity contribution in [3.05, 3.63) is 54.4 Å². The Bertz CT molecular complexity index is 848. The van der Waals surface area contributed by atoms with Crippen molar-refractivity contribution < 1.29 is 4.79 Å². The van der Waals surface area contributed by atoms with E-state index in [9.17, 15) is 4.79 Å². The minimum atomic E-state index is -0.400. The normalized spacial score (nSPS) is 28.6. The largest absolute Gasteiger partial charge is 0.369 e. The van der Waals surface area contributed by atoms with Gasteiger partial charge < -0.3 is 5.73 Å². The fourth-order valence-electron chi connectivity index (χ4n) is 3.88. The van der Waals surface area contributed by atoms with E-state index in [0.717, 1.165) is 12.0 Å². The number of amides is 1. The average Bonchev–Trinajstić information content (AvgIpc) is 3.42. The van der Waals surface area contributed by atoms with Gasteiger partial charge in [-0.3, -0.25) is 14.7 Å². The van der Waals surface area contributed by atoms with Gasteiger partial charge in [0, 0.05) is 19.4 Å². The lowest BCUT2D eigenvalue weighted by molar-refractivity contribution is -0.128. The number of hydrogen-bond acceptors (Lipinski definition) is 4. The monoisotopic (exact) mass is 334 g/mol. The summed E-state index contributed by atoms with van der Waals surface area (Å²) in [5.74, 6) is 1.15. The van der Waals surface area contributed by atoms with Gasteiger partial charge >= 0.3 is 0 Å². The molecule has 0 spiro atoms. The molecule has 2 N–H and O–H groups in total. The van der Waals surface area contributed by atoms with Gasteiger partial charge in [-0.25, -0.2) is 4.99 Å². The number of nitrogens with two attached hydrogens (primary N) is 1. The summed E-state index contributed by atoms with van der Waals surface area (Å²) in [5, 5.41) is 0. The Morgan fingerprint density at radius 1 is 1.24 bits per heavy atom. The van der Waals surface area contributed by atoms with Crippen LogP contribution in [0, 0.1) is 5.92 Å². The van der Waals surface area contributed by atoms with Crippen molar-refractivity contribution >= 4 is 11.9 Å². The third kappa shape index (κ3) is 2.80. The summed E-state index contributed by atoms with van der Waals surface area (Å²) in [4.78, 5) is 22.5. The lowest BCUT2D eigenvalue weighted by Gasteiger charge is -2.33. The topological polar surface area (TPSA) is 71.6 Å². The molecule has 5 nitrogen and oxygen atoms in total. The first-order valence-electron chi connectivity index (χ1n) is 8.60. The van der Waals surface area contributed by atoms with Crippen LogP contribution in [-0.2, 0) is 4.79 Å². The van der Waals surface area contributed by atoms with Crippen molar-refractivity contribution in [2.75, 3.05) is 7.05 Å². The summed E-state index contributed by atoms with van der Waals surface area (Å²) in [7, 11) is 1.68. The molecule has 0 radical (unpaired) electrons. The quantitative estimate of drug-likeness (QED) is 0.938. The summed E-state index contributed by atoms with van der Waals surface area (Å²) in [6, 6.07) is 12.6. The van der Waals surface area contributed by atoms with Gasteiger partial charge in [-0.1, -0.05) is 30.3 Å². The van der Waals surface area contributed by atoms with Gasteiger partial charge in [-0.05, 0) is 47.9 Å². The Morgan fingerprint density at radius 3 is 2.76 bits per heavy atom. The molecule has 1 saturated carbocycles. The molecule has 1 amide bonds. The van der Waals surface area contributed by atoms with Gasteiger partial charge in [0.25, 0.3) is 0 Å². The first kappa shape index (κ1) is 15.8. The highest BCUT2D eigenvalue weighted by Gasteiger charge is 2.53. The SMILES string of the molecule is CN1C(=O)C[C@@](C)([C@@H]2C[C@H]2c2cccc(-c3cccnc3)c2)N=C1N. The minimum absolute atomic E-state index is 0.0461. The summed E-state index contributed by atoms with van der Waals surface area (Å²) in [6.45, 7) is 2.06. The third-order valence-corrected chi connectivity index (χ3v) is 5.50. The molecule has 1 fully saturated rings. The number of aliphatic imine (C=N–C) groups is 1. The van der Waals surface area contributed by atoms with E-state index in [1.54, 1.807) is 13.2 Å². The molecule has 128 valence electrons. The number of guanidine groups is 1. The molecule has 1 aromatic heterocycles. The average molecular weight is 334 g/mol. The number of pyridine rings is 1. The van der Waals surface area contributed by atoms with Crippen molar-refractivity contribution in [3.8, 4) is 11.1 Å². The number of nitrogens with zero attached hydrogens (tertiary/aromatic N) is 3. The Morgan fingerprint density at radius 2 is 2.04 bits per heavy atom. The molecule has 1 aromatic carbocycles. The maximum Gasteiger partial charge on any atom is 0.231 e. The zero-order chi connectivity index (χ0) is 17.6. The van der Waals surface area contributed by atoms with Crippen molar-refractivity contribution in [1.82, 2.24) is 9.88 Å². The Kier molecular flexibility index (Phi) is 3.60. The Labute approximate surface area is 147 Å². The molecule has 0 unspecified atom stereocenters. The van der Waals surface area contributed by atoms with E-state index in [2.05, 4.69) is 47.2 Å². The number of benzene rings is 1. The Balaban J connectivity index is 1.59. The van der Waals surface area contributed by atoms with Crippen LogP contribution in [0.15, 0.2) is 53.8 Å². The Hall–Kier alpha value is -2.69. The predicted molar refractivity (Wildman–Crippen MR) is 97.9 cm³/mol. The van der Waals surface area contributed by atoms with E-state index in [0.29, 0.717) is 24.2 Å². The summed E-state index contributed by atoms with van der Waals surface area (Å²) in [6.07, 6.45) is 5.13. The molecule has 0 saturated heterocycles. The van der Waals surface area contributed by atoms with Crippen LogP contribution in [0.3, 0.4) is 0 Å². The fourth-order valence-corrected chi connectivity index (χ4v) is 3.88. The molecule has 1 aliphatic heterocycles. The predicted octanol–water partition coefficient (Wildman–Crippen LogP) is 2.79. The highest BCUT2D eigenvalue weighted by molar-refractivity contribution is 5.98. The minimum Gasteiger partial charge on any atom is -0.369 e. The van der Waals surface area contributed by atoms with Gasteiger partial charge in [-0.2, -0.15) is 0 Å². The van der Waals surface area contributed by atoms with E-state index in [1.165, 1.54) is 16.0 Å². The molecule has 3 atom stereocenters. The van der Waals surface area contributed by atoms with Crippen LogP contribution in [0.25, 0.3) is 11.1 Å². The van der Waals surface area contributed by atoms with Crippen molar-refractivity contribution in [2.24, 2.45) is 16.6 Å². The smallest absolute Gasteiger partial charge is 0.231 e. The summed E-state index contributed by atoms with van der Waals surface area (Å²) in [5.41, 5.74) is 9.13. The van der Waals surface area contributed by atoms with Crippen LogP contribution in [-0.4, -0.2) is 34.3 Å². The molecule has 0 bridgehead atoms. The van der Waals surface area contributed by atoms with Crippen LogP contribution in [0.1, 0.15) is 31.2 Å². The standard InChI is InChI=1S/C20H22N4O/c1-20(11-18(25)24(2)19(21)23-20)17-10-16(17)14-6-3-5-13(9-14)15-7-4-8-22-12-15/h3-9,12,16-17H,10-11H2,1-2H3,(H2,21,23)/t16-,17+,20-/m0/s1. The van der Waals surface area contributed by atoms with Crippen molar-refractivity contribution in [2.45, 2.75) is 31.2 Å². The molecule has 1 aliphatic carbocycles. The molecule has 2 aromatic rings. The van der Waals surface area contributed by atoms with E-state index >= 15 is 0 Å². The summed E-state index contributed by atoms with van der Waals surface area (Å²) >= 11 is 0. The van der Waals surface area contributed by atoms with Crippen LogP contribution in [0.5, 0.6) is 0 Å².